The van der Waals surface area contributed by atoms with Crippen LogP contribution in [0, 0.1) is 18.3 Å². The Bertz CT molecular complexity index is 1320. The topological polar surface area (TPSA) is 47.2 Å². The summed E-state index contributed by atoms with van der Waals surface area (Å²) >= 11 is 0. The Labute approximate surface area is 175 Å². The second-order valence-electron chi connectivity index (χ2n) is 7.39. The zero-order valence-corrected chi connectivity index (χ0v) is 16.6. The Hall–Kier alpha value is -3.97. The molecule has 1 aromatic heterocycles. The van der Waals surface area contributed by atoms with E-state index in [-0.39, 0.29) is 6.79 Å². The Morgan fingerprint density at radius 3 is 2.70 bits per heavy atom. The molecule has 4 nitrogen and oxygen atoms in total. The van der Waals surface area contributed by atoms with Crippen molar-refractivity contribution in [3.63, 3.8) is 0 Å². The van der Waals surface area contributed by atoms with Crippen LogP contribution in [0.15, 0.2) is 72.9 Å². The number of aromatic nitrogens is 1. The molecule has 1 aliphatic heterocycles. The van der Waals surface area contributed by atoms with Crippen LogP contribution in [0.3, 0.4) is 0 Å². The molecule has 0 amide bonds. The molecule has 4 aromatic rings. The maximum atomic E-state index is 9.84. The zero-order valence-electron chi connectivity index (χ0n) is 16.6. The molecule has 30 heavy (non-hydrogen) atoms. The van der Waals surface area contributed by atoms with Gasteiger partial charge in [0.05, 0.1) is 11.6 Å². The van der Waals surface area contributed by atoms with Gasteiger partial charge in [0, 0.05) is 29.2 Å². The molecule has 1 aliphatic rings. The Kier molecular flexibility index (Phi) is 4.49. The summed E-state index contributed by atoms with van der Waals surface area (Å²) in [6, 6.07) is 24.7. The second kappa shape index (κ2) is 7.46. The summed E-state index contributed by atoms with van der Waals surface area (Å²) in [5.41, 5.74) is 6.13. The fraction of sp³-hybridized carbons (Fsp3) is 0.115. The van der Waals surface area contributed by atoms with Crippen LogP contribution >= 0.6 is 0 Å². The van der Waals surface area contributed by atoms with E-state index in [9.17, 15) is 5.26 Å². The first-order chi connectivity index (χ1) is 14.7. The van der Waals surface area contributed by atoms with Crippen LogP contribution in [0.25, 0.3) is 22.6 Å². The van der Waals surface area contributed by atoms with E-state index < -0.39 is 0 Å². The van der Waals surface area contributed by atoms with Gasteiger partial charge in [0.1, 0.15) is 0 Å². The van der Waals surface area contributed by atoms with E-state index in [1.807, 2.05) is 36.4 Å². The molecule has 146 valence electrons. The largest absolute Gasteiger partial charge is 0.454 e. The number of rotatable bonds is 4. The van der Waals surface area contributed by atoms with Crippen LogP contribution < -0.4 is 9.47 Å². The maximum absolute atomic E-state index is 9.84. The first-order valence-electron chi connectivity index (χ1n) is 9.87. The Balaban J connectivity index is 1.59. The smallest absolute Gasteiger partial charge is 0.231 e. The van der Waals surface area contributed by atoms with Crippen molar-refractivity contribution < 1.29 is 9.47 Å². The highest BCUT2D eigenvalue weighted by Gasteiger charge is 2.15. The number of benzene rings is 3. The van der Waals surface area contributed by atoms with Gasteiger partial charge in [-0.2, -0.15) is 5.26 Å². The highest BCUT2D eigenvalue weighted by Crippen LogP contribution is 2.35. The predicted molar refractivity (Wildman–Crippen MR) is 118 cm³/mol. The van der Waals surface area contributed by atoms with Gasteiger partial charge >= 0.3 is 0 Å². The lowest BCUT2D eigenvalue weighted by molar-refractivity contribution is 0.174. The van der Waals surface area contributed by atoms with Gasteiger partial charge < -0.3 is 14.0 Å². The lowest BCUT2D eigenvalue weighted by Gasteiger charge is -2.08. The zero-order chi connectivity index (χ0) is 20.5. The van der Waals surface area contributed by atoms with Gasteiger partial charge in [-0.15, -0.1) is 0 Å². The normalized spacial score (nSPS) is 12.9. The van der Waals surface area contributed by atoms with Crippen molar-refractivity contribution in [1.29, 1.82) is 5.26 Å². The van der Waals surface area contributed by atoms with Gasteiger partial charge in [0.25, 0.3) is 0 Å². The predicted octanol–water partition coefficient (Wildman–Crippen LogP) is 5.79. The van der Waals surface area contributed by atoms with Crippen molar-refractivity contribution in [2.75, 3.05) is 6.79 Å². The molecule has 0 spiro atoms. The minimum absolute atomic E-state index is 0.219. The monoisotopic (exact) mass is 392 g/mol. The second-order valence-corrected chi connectivity index (χ2v) is 7.39. The number of aryl methyl sites for hydroxylation is 1. The Morgan fingerprint density at radius 1 is 1.03 bits per heavy atom. The van der Waals surface area contributed by atoms with Gasteiger partial charge in [-0.05, 0) is 54.0 Å². The van der Waals surface area contributed by atoms with Gasteiger partial charge in [-0.25, -0.2) is 0 Å². The number of hydrogen-bond acceptors (Lipinski definition) is 3. The van der Waals surface area contributed by atoms with E-state index in [0.29, 0.717) is 17.1 Å². The minimum atomic E-state index is 0.219. The number of para-hydroxylation sites is 1. The highest BCUT2D eigenvalue weighted by molar-refractivity contribution is 5.98. The lowest BCUT2D eigenvalue weighted by atomic mass is 10.0. The quantitative estimate of drug-likeness (QED) is 0.413. The van der Waals surface area contributed by atoms with E-state index in [2.05, 4.69) is 60.2 Å². The maximum Gasteiger partial charge on any atom is 0.231 e. The van der Waals surface area contributed by atoms with E-state index >= 15 is 0 Å². The first kappa shape index (κ1) is 18.1. The standard InChI is InChI=1S/C26H20N2O2/c1-18-6-2-3-7-20(18)15-28-16-22(23-8-4-5-9-24(23)28)12-21(14-27)19-10-11-25-26(13-19)30-17-29-25/h2-13,16H,15,17H2,1H3/b21-12-. The van der Waals surface area contributed by atoms with E-state index in [1.165, 1.54) is 11.1 Å². The molecule has 0 saturated heterocycles. The summed E-state index contributed by atoms with van der Waals surface area (Å²) < 4.78 is 13.1. The van der Waals surface area contributed by atoms with Crippen molar-refractivity contribution in [2.24, 2.45) is 0 Å². The number of fused-ring (bicyclic) bond motifs is 2. The van der Waals surface area contributed by atoms with E-state index in [0.717, 1.165) is 28.6 Å². The molecule has 0 fully saturated rings. The molecular weight excluding hydrogens is 372 g/mol. The third-order valence-electron chi connectivity index (χ3n) is 5.53. The molecule has 2 heterocycles. The average Bonchev–Trinajstić information content (AvgIpc) is 3.38. The summed E-state index contributed by atoms with van der Waals surface area (Å²) in [5.74, 6) is 1.39. The van der Waals surface area contributed by atoms with Crippen LogP contribution in [0.2, 0.25) is 0 Å². The number of hydrogen-bond donors (Lipinski definition) is 0. The average molecular weight is 392 g/mol. The molecule has 5 rings (SSSR count). The molecule has 4 heteroatoms. The third-order valence-corrected chi connectivity index (χ3v) is 5.53. The molecule has 0 radical (unpaired) electrons. The molecular formula is C26H20N2O2. The summed E-state index contributed by atoms with van der Waals surface area (Å²) in [4.78, 5) is 0. The van der Waals surface area contributed by atoms with Crippen LogP contribution in [0.1, 0.15) is 22.3 Å². The lowest BCUT2D eigenvalue weighted by Crippen LogP contribution is -1.99. The summed E-state index contributed by atoms with van der Waals surface area (Å²) in [6.45, 7) is 3.14. The van der Waals surface area contributed by atoms with Crippen LogP contribution in [0.4, 0.5) is 0 Å². The molecule has 0 unspecified atom stereocenters. The van der Waals surface area contributed by atoms with Crippen molar-refractivity contribution in [1.82, 2.24) is 4.57 Å². The molecule has 0 N–H and O–H groups in total. The number of allylic oxidation sites excluding steroid dienone is 1. The minimum Gasteiger partial charge on any atom is -0.454 e. The highest BCUT2D eigenvalue weighted by atomic mass is 16.7. The van der Waals surface area contributed by atoms with E-state index in [4.69, 9.17) is 9.47 Å². The van der Waals surface area contributed by atoms with Gasteiger partial charge in [0.15, 0.2) is 11.5 Å². The Morgan fingerprint density at radius 2 is 1.83 bits per heavy atom. The number of nitriles is 1. The van der Waals surface area contributed by atoms with Crippen molar-refractivity contribution in [2.45, 2.75) is 13.5 Å². The molecule has 0 saturated carbocycles. The summed E-state index contributed by atoms with van der Waals surface area (Å²) in [7, 11) is 0. The van der Waals surface area contributed by atoms with Crippen molar-refractivity contribution in [3.05, 3.63) is 95.2 Å². The van der Waals surface area contributed by atoms with Crippen molar-refractivity contribution >= 4 is 22.6 Å². The van der Waals surface area contributed by atoms with Crippen LogP contribution in [0.5, 0.6) is 11.5 Å². The summed E-state index contributed by atoms with van der Waals surface area (Å²) in [5, 5.41) is 11.0. The SMILES string of the molecule is Cc1ccccc1Cn1cc(/C=C(/C#N)c2ccc3c(c2)OCO3)c2ccccc21. The molecule has 0 atom stereocenters. The first-order valence-corrected chi connectivity index (χ1v) is 9.87. The van der Waals surface area contributed by atoms with Crippen LogP contribution in [-0.2, 0) is 6.54 Å². The number of nitrogens with zero attached hydrogens (tertiary/aromatic N) is 2. The molecule has 0 bridgehead atoms. The third kappa shape index (κ3) is 3.21. The van der Waals surface area contributed by atoms with Gasteiger partial charge in [-0.1, -0.05) is 42.5 Å². The van der Waals surface area contributed by atoms with Gasteiger partial charge in [0.2, 0.25) is 6.79 Å². The van der Waals surface area contributed by atoms with Gasteiger partial charge in [-0.3, -0.25) is 0 Å². The summed E-state index contributed by atoms with van der Waals surface area (Å²) in [6.07, 6.45) is 4.08. The van der Waals surface area contributed by atoms with Crippen molar-refractivity contribution in [3.8, 4) is 17.6 Å². The number of ether oxygens (including phenoxy) is 2. The van der Waals surface area contributed by atoms with E-state index in [1.54, 1.807) is 0 Å². The molecule has 3 aromatic carbocycles. The fourth-order valence-corrected chi connectivity index (χ4v) is 3.89. The molecule has 0 aliphatic carbocycles. The fourth-order valence-electron chi connectivity index (χ4n) is 3.89. The van der Waals surface area contributed by atoms with Crippen LogP contribution in [-0.4, -0.2) is 11.4 Å².